The summed E-state index contributed by atoms with van der Waals surface area (Å²) in [5.74, 6) is -0.579. The van der Waals surface area contributed by atoms with Crippen molar-refractivity contribution in [2.75, 3.05) is 17.2 Å². The second kappa shape index (κ2) is 8.50. The molecule has 0 amide bonds. The molecule has 3 rings (SSSR count). The Labute approximate surface area is 162 Å². The summed E-state index contributed by atoms with van der Waals surface area (Å²) >= 11 is 0. The minimum absolute atomic E-state index is 0.00557. The van der Waals surface area contributed by atoms with E-state index in [1.54, 1.807) is 18.2 Å². The molecule has 3 aromatic rings. The highest BCUT2D eigenvalue weighted by Crippen LogP contribution is 2.28. The lowest BCUT2D eigenvalue weighted by Gasteiger charge is -2.12. The maximum Gasteiger partial charge on any atom is 0.573 e. The molecule has 0 spiro atoms. The van der Waals surface area contributed by atoms with E-state index < -0.39 is 24.6 Å². The summed E-state index contributed by atoms with van der Waals surface area (Å²) in [4.78, 5) is 19.1. The highest BCUT2D eigenvalue weighted by Gasteiger charge is 2.31. The van der Waals surface area contributed by atoms with Gasteiger partial charge in [0.2, 0.25) is 5.95 Å². The van der Waals surface area contributed by atoms with Gasteiger partial charge in [-0.2, -0.15) is 4.98 Å². The Kier molecular flexibility index (Phi) is 5.86. The Morgan fingerprint density at radius 1 is 1.14 bits per heavy atom. The van der Waals surface area contributed by atoms with Crippen LogP contribution in [0.3, 0.4) is 0 Å². The van der Waals surface area contributed by atoms with Gasteiger partial charge < -0.3 is 24.9 Å². The Morgan fingerprint density at radius 3 is 2.66 bits per heavy atom. The van der Waals surface area contributed by atoms with Crippen LogP contribution in [0.5, 0.6) is 5.75 Å². The standard InChI is InChI=1S/C18H15F3N4O4/c19-18(20,21)29-12-4-1-3-11(7-12)14-8-15(22-9-13-5-2-6-28-13)25-17(24-14)23-10-16(26)27/h1-8H,9-10H2,(H,26,27)(H2,22,23,24,25). The van der Waals surface area contributed by atoms with E-state index >= 15 is 0 Å². The zero-order chi connectivity index (χ0) is 20.9. The average molecular weight is 408 g/mol. The minimum Gasteiger partial charge on any atom is -0.480 e. The first kappa shape index (κ1) is 20.0. The number of nitrogens with one attached hydrogen (secondary N) is 2. The van der Waals surface area contributed by atoms with Crippen molar-refractivity contribution in [3.8, 4) is 17.0 Å². The zero-order valence-electron chi connectivity index (χ0n) is 14.7. The molecule has 152 valence electrons. The molecule has 0 aliphatic heterocycles. The van der Waals surface area contributed by atoms with E-state index in [-0.39, 0.29) is 11.6 Å². The van der Waals surface area contributed by atoms with E-state index in [2.05, 4.69) is 25.3 Å². The highest BCUT2D eigenvalue weighted by atomic mass is 19.4. The van der Waals surface area contributed by atoms with E-state index in [4.69, 9.17) is 9.52 Å². The number of hydrogen-bond donors (Lipinski definition) is 3. The lowest BCUT2D eigenvalue weighted by Crippen LogP contribution is -2.17. The van der Waals surface area contributed by atoms with Crippen LogP contribution in [0, 0.1) is 0 Å². The zero-order valence-corrected chi connectivity index (χ0v) is 14.7. The van der Waals surface area contributed by atoms with Crippen molar-refractivity contribution < 1.29 is 32.2 Å². The number of anilines is 2. The molecule has 8 nitrogen and oxygen atoms in total. The predicted octanol–water partition coefficient (Wildman–Crippen LogP) is 3.74. The van der Waals surface area contributed by atoms with Crippen LogP contribution in [0.15, 0.2) is 53.1 Å². The molecule has 2 aromatic heterocycles. The lowest BCUT2D eigenvalue weighted by atomic mass is 10.1. The first-order valence-corrected chi connectivity index (χ1v) is 8.26. The Bertz CT molecular complexity index is 977. The van der Waals surface area contributed by atoms with Gasteiger partial charge in [0, 0.05) is 11.6 Å². The molecule has 29 heavy (non-hydrogen) atoms. The number of halogens is 3. The molecule has 0 bridgehead atoms. The molecule has 11 heteroatoms. The fourth-order valence-corrected chi connectivity index (χ4v) is 2.36. The third-order valence-electron chi connectivity index (χ3n) is 3.51. The average Bonchev–Trinajstić information content (AvgIpc) is 3.17. The molecule has 0 unspecified atom stereocenters. The van der Waals surface area contributed by atoms with Gasteiger partial charge in [-0.25, -0.2) is 4.98 Å². The summed E-state index contributed by atoms with van der Waals surface area (Å²) < 4.78 is 46.6. The first-order valence-electron chi connectivity index (χ1n) is 8.26. The van der Waals surface area contributed by atoms with Crippen molar-refractivity contribution in [3.05, 3.63) is 54.5 Å². The van der Waals surface area contributed by atoms with E-state index in [0.29, 0.717) is 23.7 Å². The number of carboxylic acid groups (broad SMARTS) is 1. The molecule has 1 aromatic carbocycles. The monoisotopic (exact) mass is 408 g/mol. The molecule has 0 fully saturated rings. The number of rotatable bonds is 8. The lowest BCUT2D eigenvalue weighted by molar-refractivity contribution is -0.274. The number of carbonyl (C=O) groups is 1. The smallest absolute Gasteiger partial charge is 0.480 e. The number of furan rings is 1. The van der Waals surface area contributed by atoms with Crippen molar-refractivity contribution in [3.63, 3.8) is 0 Å². The van der Waals surface area contributed by atoms with E-state index in [0.717, 1.165) is 6.07 Å². The van der Waals surface area contributed by atoms with Crippen LogP contribution in [0.2, 0.25) is 0 Å². The molecule has 0 saturated heterocycles. The second-order valence-electron chi connectivity index (χ2n) is 5.72. The largest absolute Gasteiger partial charge is 0.573 e. The van der Waals surface area contributed by atoms with Crippen molar-refractivity contribution in [2.24, 2.45) is 0 Å². The fraction of sp³-hybridized carbons (Fsp3) is 0.167. The third kappa shape index (κ3) is 6.13. The predicted molar refractivity (Wildman–Crippen MR) is 96.3 cm³/mol. The summed E-state index contributed by atoms with van der Waals surface area (Å²) in [6.07, 6.45) is -3.32. The van der Waals surface area contributed by atoms with Crippen LogP contribution in [0.4, 0.5) is 24.9 Å². The van der Waals surface area contributed by atoms with Gasteiger partial charge in [-0.3, -0.25) is 4.79 Å². The summed E-state index contributed by atoms with van der Waals surface area (Å²) in [6.45, 7) is -0.142. The van der Waals surface area contributed by atoms with Gasteiger partial charge in [0.25, 0.3) is 0 Å². The molecular weight excluding hydrogens is 393 g/mol. The number of nitrogens with zero attached hydrogens (tertiary/aromatic N) is 2. The minimum atomic E-state index is -4.83. The van der Waals surface area contributed by atoms with Gasteiger partial charge >= 0.3 is 12.3 Å². The second-order valence-corrected chi connectivity index (χ2v) is 5.72. The topological polar surface area (TPSA) is 110 Å². The van der Waals surface area contributed by atoms with Crippen LogP contribution >= 0.6 is 0 Å². The van der Waals surface area contributed by atoms with Crippen LogP contribution in [0.25, 0.3) is 11.3 Å². The Hall–Kier alpha value is -3.76. The van der Waals surface area contributed by atoms with Crippen LogP contribution in [-0.4, -0.2) is 34.0 Å². The van der Waals surface area contributed by atoms with E-state index in [1.165, 1.54) is 24.5 Å². The van der Waals surface area contributed by atoms with E-state index in [9.17, 15) is 18.0 Å². The number of ether oxygens (including phenoxy) is 1. The molecule has 0 aliphatic rings. The quantitative estimate of drug-likeness (QED) is 0.517. The van der Waals surface area contributed by atoms with Crippen LogP contribution < -0.4 is 15.4 Å². The number of benzene rings is 1. The number of hydrogen-bond acceptors (Lipinski definition) is 7. The van der Waals surface area contributed by atoms with Crippen molar-refractivity contribution in [1.29, 1.82) is 0 Å². The molecule has 3 N–H and O–H groups in total. The van der Waals surface area contributed by atoms with Gasteiger partial charge in [-0.15, -0.1) is 13.2 Å². The molecule has 0 radical (unpaired) electrons. The Morgan fingerprint density at radius 2 is 1.97 bits per heavy atom. The van der Waals surface area contributed by atoms with Gasteiger partial charge in [-0.1, -0.05) is 12.1 Å². The SMILES string of the molecule is O=C(O)CNc1nc(NCc2ccco2)cc(-c2cccc(OC(F)(F)F)c2)n1. The fourth-order valence-electron chi connectivity index (χ4n) is 2.36. The number of alkyl halides is 3. The van der Waals surface area contributed by atoms with Gasteiger partial charge in [0.15, 0.2) is 0 Å². The third-order valence-corrected chi connectivity index (χ3v) is 3.51. The van der Waals surface area contributed by atoms with Gasteiger partial charge in [-0.05, 0) is 24.3 Å². The van der Waals surface area contributed by atoms with Crippen molar-refractivity contribution in [1.82, 2.24) is 9.97 Å². The summed E-state index contributed by atoms with van der Waals surface area (Å²) in [5, 5.41) is 14.4. The molecule has 0 atom stereocenters. The molecule has 0 saturated carbocycles. The van der Waals surface area contributed by atoms with Gasteiger partial charge in [0.1, 0.15) is 23.9 Å². The summed E-state index contributed by atoms with van der Waals surface area (Å²) in [7, 11) is 0. The normalized spacial score (nSPS) is 11.1. The van der Waals surface area contributed by atoms with Crippen LogP contribution in [0.1, 0.15) is 5.76 Å². The summed E-state index contributed by atoms with van der Waals surface area (Å²) in [5.41, 5.74) is 0.594. The molecule has 0 aliphatic carbocycles. The van der Waals surface area contributed by atoms with Crippen LogP contribution in [-0.2, 0) is 11.3 Å². The van der Waals surface area contributed by atoms with Crippen molar-refractivity contribution >= 4 is 17.7 Å². The molecule has 2 heterocycles. The first-order chi connectivity index (χ1) is 13.8. The van der Waals surface area contributed by atoms with Crippen molar-refractivity contribution in [2.45, 2.75) is 12.9 Å². The van der Waals surface area contributed by atoms with E-state index in [1.807, 2.05) is 0 Å². The highest BCUT2D eigenvalue weighted by molar-refractivity contribution is 5.72. The maximum absolute atomic E-state index is 12.5. The Balaban J connectivity index is 1.89. The molecular formula is C18H15F3N4O4. The number of aliphatic carboxylic acids is 1. The number of carboxylic acids is 1. The maximum atomic E-state index is 12.5. The summed E-state index contributed by atoms with van der Waals surface area (Å²) in [6, 6.07) is 10.2. The number of aromatic nitrogens is 2. The van der Waals surface area contributed by atoms with Gasteiger partial charge in [0.05, 0.1) is 18.5 Å².